The van der Waals surface area contributed by atoms with Crippen LogP contribution in [-0.4, -0.2) is 11.1 Å². The highest BCUT2D eigenvalue weighted by Crippen LogP contribution is 2.11. The van der Waals surface area contributed by atoms with Crippen LogP contribution >= 0.6 is 0 Å². The summed E-state index contributed by atoms with van der Waals surface area (Å²) >= 11 is 0. The Morgan fingerprint density at radius 2 is 1.38 bits per heavy atom. The van der Waals surface area contributed by atoms with Crippen LogP contribution in [0.5, 0.6) is 0 Å². The summed E-state index contributed by atoms with van der Waals surface area (Å²) in [4.78, 5) is 10.4. The van der Waals surface area contributed by atoms with E-state index in [2.05, 4.69) is 6.92 Å². The number of carboxylic acids is 1. The summed E-state index contributed by atoms with van der Waals surface area (Å²) < 4.78 is 15.1. The zero-order valence-electron chi connectivity index (χ0n) is 12.6. The molecule has 0 saturated carbocycles. The van der Waals surface area contributed by atoms with Crippen LogP contribution in [0.15, 0.2) is 0 Å². The molecule has 0 unspecified atom stereocenters. The third-order valence-electron chi connectivity index (χ3n) is 2.73. The summed E-state index contributed by atoms with van der Waals surface area (Å²) in [6.07, 6.45) is 9.19. The van der Waals surface area contributed by atoms with Gasteiger partial charge in [-0.25, -0.2) is 0 Å². The first-order valence-corrected chi connectivity index (χ1v) is 6.70. The Labute approximate surface area is 103 Å². The van der Waals surface area contributed by atoms with Gasteiger partial charge in [0.2, 0.25) is 0 Å². The van der Waals surface area contributed by atoms with Crippen LogP contribution in [0.1, 0.15) is 86.7 Å². The van der Waals surface area contributed by atoms with Crippen molar-refractivity contribution in [2.45, 2.75) is 83.9 Å². The van der Waals surface area contributed by atoms with Crippen molar-refractivity contribution in [3.8, 4) is 0 Å². The lowest BCUT2D eigenvalue weighted by Gasteiger charge is -2.01. The van der Waals surface area contributed by atoms with Crippen molar-refractivity contribution in [1.82, 2.24) is 0 Å². The van der Waals surface area contributed by atoms with Gasteiger partial charge in [-0.3, -0.25) is 4.79 Å². The van der Waals surface area contributed by atoms with Gasteiger partial charge in [-0.05, 0) is 6.37 Å². The molecule has 1 N–H and O–H groups in total. The molecule has 0 atom stereocenters. The predicted octanol–water partition coefficient (Wildman–Crippen LogP) is 4.77. The number of rotatable bonds is 12. The van der Waals surface area contributed by atoms with Gasteiger partial charge in [0, 0.05) is 9.16 Å². The highest BCUT2D eigenvalue weighted by atomic mass is 16.4. The van der Waals surface area contributed by atoms with E-state index >= 15 is 0 Å². The number of unbranched alkanes of at least 4 members (excludes halogenated alkanes) is 8. The SMILES string of the molecule is [2H]C([2H])(CCCCCCCCCCC)CC(=O)O. The summed E-state index contributed by atoms with van der Waals surface area (Å²) in [6, 6.07) is 0. The number of hydrogen-bond donors (Lipinski definition) is 1. The van der Waals surface area contributed by atoms with Crippen molar-refractivity contribution in [3.63, 3.8) is 0 Å². The van der Waals surface area contributed by atoms with Gasteiger partial charge in [-0.15, -0.1) is 0 Å². The first kappa shape index (κ1) is 11.9. The summed E-state index contributed by atoms with van der Waals surface area (Å²) in [5, 5.41) is 8.55. The topological polar surface area (TPSA) is 37.3 Å². The smallest absolute Gasteiger partial charge is 0.303 e. The number of aliphatic carboxylic acids is 1. The molecule has 96 valence electrons. The van der Waals surface area contributed by atoms with E-state index in [1.807, 2.05) is 0 Å². The van der Waals surface area contributed by atoms with Gasteiger partial charge < -0.3 is 5.11 Å². The van der Waals surface area contributed by atoms with Crippen LogP contribution < -0.4 is 0 Å². The second kappa shape index (κ2) is 12.5. The Hall–Kier alpha value is -0.530. The fourth-order valence-electron chi connectivity index (χ4n) is 1.76. The fourth-order valence-corrected chi connectivity index (χ4v) is 1.76. The zero-order chi connectivity index (χ0) is 13.9. The van der Waals surface area contributed by atoms with Crippen LogP contribution in [0.2, 0.25) is 0 Å². The lowest BCUT2D eigenvalue weighted by molar-refractivity contribution is -0.137. The molecule has 2 nitrogen and oxygen atoms in total. The molecule has 0 amide bonds. The lowest BCUT2D eigenvalue weighted by Crippen LogP contribution is -1.93. The standard InChI is InChI=1S/C14H28O2/c1-2-3-4-5-6-7-8-9-10-11-12-13-14(15)16/h2-13H2,1H3,(H,15,16)/i12D2. The van der Waals surface area contributed by atoms with Crippen LogP contribution in [0.3, 0.4) is 0 Å². The fraction of sp³-hybridized carbons (Fsp3) is 0.929. The quantitative estimate of drug-likeness (QED) is 0.490. The summed E-state index contributed by atoms with van der Waals surface area (Å²) in [6.45, 7) is 2.21. The molecular formula is C14H28O2. The Bertz CT molecular complexity index is 218. The van der Waals surface area contributed by atoms with Crippen molar-refractivity contribution in [3.05, 3.63) is 0 Å². The van der Waals surface area contributed by atoms with Gasteiger partial charge in [-0.1, -0.05) is 71.1 Å². The molecule has 0 aromatic carbocycles. The largest absolute Gasteiger partial charge is 0.481 e. The molecule has 0 aliphatic carbocycles. The minimum atomic E-state index is -1.53. The molecule has 0 spiro atoms. The lowest BCUT2D eigenvalue weighted by atomic mass is 10.1. The normalized spacial score (nSPS) is 13.3. The van der Waals surface area contributed by atoms with Gasteiger partial charge in [0.1, 0.15) is 0 Å². The molecule has 16 heavy (non-hydrogen) atoms. The Morgan fingerprint density at radius 1 is 0.938 bits per heavy atom. The Balaban J connectivity index is 3.31. The van der Waals surface area contributed by atoms with Crippen molar-refractivity contribution in [2.75, 3.05) is 0 Å². The molecule has 0 fully saturated rings. The molecule has 0 bridgehead atoms. The van der Waals surface area contributed by atoms with E-state index in [9.17, 15) is 4.79 Å². The average molecular weight is 230 g/mol. The van der Waals surface area contributed by atoms with Crippen molar-refractivity contribution < 1.29 is 12.6 Å². The minimum absolute atomic E-state index is 0.370. The molecule has 0 aliphatic rings. The van der Waals surface area contributed by atoms with Gasteiger partial charge in [0.05, 0.1) is 0 Å². The van der Waals surface area contributed by atoms with Crippen molar-refractivity contribution in [1.29, 1.82) is 0 Å². The van der Waals surface area contributed by atoms with E-state index < -0.39 is 12.3 Å². The highest BCUT2D eigenvalue weighted by molar-refractivity contribution is 5.66. The van der Waals surface area contributed by atoms with Crippen molar-refractivity contribution in [2.24, 2.45) is 0 Å². The second-order valence-corrected chi connectivity index (χ2v) is 4.40. The molecule has 0 aliphatic heterocycles. The van der Waals surface area contributed by atoms with Crippen LogP contribution in [0.4, 0.5) is 0 Å². The maximum Gasteiger partial charge on any atom is 0.303 e. The maximum atomic E-state index is 10.4. The van der Waals surface area contributed by atoms with E-state index in [-0.39, 0.29) is 6.42 Å². The third kappa shape index (κ3) is 13.5. The average Bonchev–Trinajstić information content (AvgIpc) is 2.25. The molecule has 0 heterocycles. The van der Waals surface area contributed by atoms with Crippen LogP contribution in [0.25, 0.3) is 0 Å². The third-order valence-corrected chi connectivity index (χ3v) is 2.73. The number of hydrogen-bond acceptors (Lipinski definition) is 1. The minimum Gasteiger partial charge on any atom is -0.481 e. The molecule has 2 heteroatoms. The zero-order valence-corrected chi connectivity index (χ0v) is 10.6. The summed E-state index contributed by atoms with van der Waals surface area (Å²) in [5.74, 6) is -1.05. The molecule has 0 radical (unpaired) electrons. The summed E-state index contributed by atoms with van der Waals surface area (Å²) in [5.41, 5.74) is 0. The van der Waals surface area contributed by atoms with E-state index in [1.54, 1.807) is 0 Å². The molecule has 0 saturated heterocycles. The Kier molecular flexibility index (Phi) is 9.36. The van der Waals surface area contributed by atoms with Gasteiger partial charge >= 0.3 is 5.97 Å². The molecule has 0 aromatic heterocycles. The van der Waals surface area contributed by atoms with Gasteiger partial charge in [-0.2, -0.15) is 0 Å². The van der Waals surface area contributed by atoms with E-state index in [0.717, 1.165) is 19.3 Å². The van der Waals surface area contributed by atoms with Crippen molar-refractivity contribution >= 4 is 5.97 Å². The number of carboxylic acid groups (broad SMARTS) is 1. The predicted molar refractivity (Wildman–Crippen MR) is 68.7 cm³/mol. The van der Waals surface area contributed by atoms with Gasteiger partial charge in [0.25, 0.3) is 0 Å². The monoisotopic (exact) mass is 230 g/mol. The van der Waals surface area contributed by atoms with E-state index in [0.29, 0.717) is 6.42 Å². The van der Waals surface area contributed by atoms with Crippen LogP contribution in [0, 0.1) is 0 Å². The first-order valence-electron chi connectivity index (χ1n) is 7.70. The summed E-state index contributed by atoms with van der Waals surface area (Å²) in [7, 11) is 0. The van der Waals surface area contributed by atoms with E-state index in [4.69, 9.17) is 7.85 Å². The van der Waals surface area contributed by atoms with E-state index in [1.165, 1.54) is 38.5 Å². The maximum absolute atomic E-state index is 10.4. The van der Waals surface area contributed by atoms with Gasteiger partial charge in [0.15, 0.2) is 0 Å². The molecular weight excluding hydrogens is 200 g/mol. The first-order chi connectivity index (χ1) is 8.48. The Morgan fingerprint density at radius 3 is 1.81 bits per heavy atom. The highest BCUT2D eigenvalue weighted by Gasteiger charge is 1.96. The second-order valence-electron chi connectivity index (χ2n) is 4.40. The number of carbonyl (C=O) groups is 1. The molecule has 0 aromatic rings. The molecule has 0 rings (SSSR count). The van der Waals surface area contributed by atoms with Crippen LogP contribution in [-0.2, 0) is 4.79 Å².